The van der Waals surface area contributed by atoms with Crippen LogP contribution in [0.5, 0.6) is 0 Å². The monoisotopic (exact) mass is 316 g/mol. The second-order valence-corrected chi connectivity index (χ2v) is 5.85. The fraction of sp³-hybridized carbons (Fsp3) is 0.600. The van der Waals surface area contributed by atoms with Gasteiger partial charge in [0.1, 0.15) is 0 Å². The van der Waals surface area contributed by atoms with Crippen LogP contribution in [0.1, 0.15) is 38.7 Å². The standard InChI is InChI=1S/C15H22BrCl/c1-3-12(4-2)9-14(11-16)10-13-5-7-15(17)8-6-13/h5-8,12,14H,3-4,9-11H2,1-2H3. The molecule has 0 radical (unpaired) electrons. The molecule has 0 fully saturated rings. The van der Waals surface area contributed by atoms with Crippen LogP contribution in [0.15, 0.2) is 24.3 Å². The molecule has 0 heterocycles. The smallest absolute Gasteiger partial charge is 0.0406 e. The topological polar surface area (TPSA) is 0 Å². The third kappa shape index (κ3) is 5.44. The van der Waals surface area contributed by atoms with Gasteiger partial charge in [-0.15, -0.1) is 0 Å². The molecule has 0 aliphatic rings. The van der Waals surface area contributed by atoms with Gasteiger partial charge in [0, 0.05) is 10.4 Å². The van der Waals surface area contributed by atoms with Gasteiger partial charge in [0.05, 0.1) is 0 Å². The average Bonchev–Trinajstić information content (AvgIpc) is 2.37. The highest BCUT2D eigenvalue weighted by Crippen LogP contribution is 2.24. The van der Waals surface area contributed by atoms with Crippen molar-refractivity contribution in [1.29, 1.82) is 0 Å². The van der Waals surface area contributed by atoms with Crippen molar-refractivity contribution in [3.8, 4) is 0 Å². The molecule has 0 aliphatic carbocycles. The highest BCUT2D eigenvalue weighted by molar-refractivity contribution is 9.09. The first-order valence-electron chi connectivity index (χ1n) is 6.49. The van der Waals surface area contributed by atoms with Crippen LogP contribution in [-0.2, 0) is 6.42 Å². The molecule has 1 unspecified atom stereocenters. The first kappa shape index (κ1) is 15.0. The van der Waals surface area contributed by atoms with E-state index < -0.39 is 0 Å². The summed E-state index contributed by atoms with van der Waals surface area (Å²) in [4.78, 5) is 0. The second-order valence-electron chi connectivity index (χ2n) is 4.77. The fourth-order valence-electron chi connectivity index (χ4n) is 2.25. The lowest BCUT2D eigenvalue weighted by atomic mass is 9.88. The van der Waals surface area contributed by atoms with Gasteiger partial charge in [-0.3, -0.25) is 0 Å². The van der Waals surface area contributed by atoms with Gasteiger partial charge >= 0.3 is 0 Å². The summed E-state index contributed by atoms with van der Waals surface area (Å²) in [6.45, 7) is 4.59. The molecule has 0 saturated heterocycles. The number of hydrogen-bond acceptors (Lipinski definition) is 0. The van der Waals surface area contributed by atoms with Crippen LogP contribution in [0.25, 0.3) is 0 Å². The number of halogens is 2. The predicted octanol–water partition coefficient (Wildman–Crippen LogP) is 5.72. The maximum absolute atomic E-state index is 5.90. The molecule has 0 N–H and O–H groups in total. The van der Waals surface area contributed by atoms with Crippen LogP contribution in [-0.4, -0.2) is 5.33 Å². The number of hydrogen-bond donors (Lipinski definition) is 0. The molecular weight excluding hydrogens is 296 g/mol. The zero-order valence-electron chi connectivity index (χ0n) is 10.8. The van der Waals surface area contributed by atoms with Gasteiger partial charge in [-0.2, -0.15) is 0 Å². The van der Waals surface area contributed by atoms with Crippen molar-refractivity contribution in [3.05, 3.63) is 34.9 Å². The lowest BCUT2D eigenvalue weighted by Crippen LogP contribution is -2.12. The molecule has 0 spiro atoms. The maximum Gasteiger partial charge on any atom is 0.0406 e. The quantitative estimate of drug-likeness (QED) is 0.564. The van der Waals surface area contributed by atoms with Gasteiger partial charge in [0.15, 0.2) is 0 Å². The van der Waals surface area contributed by atoms with Gasteiger partial charge in [-0.1, -0.05) is 66.4 Å². The molecule has 0 bridgehead atoms. The van der Waals surface area contributed by atoms with Crippen molar-refractivity contribution < 1.29 is 0 Å². The summed E-state index contributed by atoms with van der Waals surface area (Å²) >= 11 is 9.55. The molecule has 1 aromatic rings. The second kappa shape index (κ2) is 8.16. The third-order valence-corrected chi connectivity index (χ3v) is 4.64. The van der Waals surface area contributed by atoms with Gasteiger partial charge in [-0.25, -0.2) is 0 Å². The van der Waals surface area contributed by atoms with E-state index in [1.54, 1.807) is 0 Å². The first-order valence-corrected chi connectivity index (χ1v) is 7.99. The van der Waals surface area contributed by atoms with Crippen LogP contribution in [0.2, 0.25) is 5.02 Å². The predicted molar refractivity (Wildman–Crippen MR) is 81.1 cm³/mol. The summed E-state index contributed by atoms with van der Waals surface area (Å²) in [5.74, 6) is 1.60. The van der Waals surface area contributed by atoms with E-state index >= 15 is 0 Å². The molecule has 17 heavy (non-hydrogen) atoms. The van der Waals surface area contributed by atoms with E-state index in [0.29, 0.717) is 0 Å². The zero-order valence-corrected chi connectivity index (χ0v) is 13.1. The molecule has 0 aliphatic heterocycles. The number of benzene rings is 1. The largest absolute Gasteiger partial charge is 0.0925 e. The van der Waals surface area contributed by atoms with Gasteiger partial charge in [0.2, 0.25) is 0 Å². The Labute approximate surface area is 119 Å². The number of rotatable bonds is 7. The first-order chi connectivity index (χ1) is 8.19. The summed E-state index contributed by atoms with van der Waals surface area (Å²) in [7, 11) is 0. The molecule has 1 rings (SSSR count). The lowest BCUT2D eigenvalue weighted by Gasteiger charge is -2.20. The minimum absolute atomic E-state index is 0.737. The van der Waals surface area contributed by atoms with Crippen LogP contribution >= 0.6 is 27.5 Å². The third-order valence-electron chi connectivity index (χ3n) is 3.48. The molecule has 1 aromatic carbocycles. The Bertz CT molecular complexity index is 303. The van der Waals surface area contributed by atoms with Crippen molar-refractivity contribution in [2.24, 2.45) is 11.8 Å². The maximum atomic E-state index is 5.90. The molecule has 2 heteroatoms. The zero-order chi connectivity index (χ0) is 12.7. The van der Waals surface area contributed by atoms with Crippen molar-refractivity contribution in [2.45, 2.75) is 39.5 Å². The van der Waals surface area contributed by atoms with Crippen LogP contribution in [0.3, 0.4) is 0 Å². The number of alkyl halides is 1. The van der Waals surface area contributed by atoms with E-state index in [2.05, 4.69) is 41.9 Å². The molecular formula is C15H22BrCl. The molecule has 1 atom stereocenters. The molecule has 96 valence electrons. The minimum atomic E-state index is 0.737. The van der Waals surface area contributed by atoms with Crippen molar-refractivity contribution in [2.75, 3.05) is 5.33 Å². The summed E-state index contributed by atoms with van der Waals surface area (Å²) in [5, 5.41) is 1.91. The van der Waals surface area contributed by atoms with E-state index in [0.717, 1.165) is 28.6 Å². The van der Waals surface area contributed by atoms with Crippen molar-refractivity contribution in [3.63, 3.8) is 0 Å². The average molecular weight is 318 g/mol. The van der Waals surface area contributed by atoms with E-state index in [-0.39, 0.29) is 0 Å². The summed E-state index contributed by atoms with van der Waals surface area (Å²) in [5.41, 5.74) is 1.39. The van der Waals surface area contributed by atoms with Crippen molar-refractivity contribution >= 4 is 27.5 Å². The van der Waals surface area contributed by atoms with Gasteiger partial charge in [-0.05, 0) is 42.4 Å². The SMILES string of the molecule is CCC(CC)CC(CBr)Cc1ccc(Cl)cc1. The highest BCUT2D eigenvalue weighted by Gasteiger charge is 2.13. The summed E-state index contributed by atoms with van der Waals surface area (Å²) in [6, 6.07) is 8.26. The molecule has 0 aromatic heterocycles. The Morgan fingerprint density at radius 2 is 1.65 bits per heavy atom. The van der Waals surface area contributed by atoms with Gasteiger partial charge in [0.25, 0.3) is 0 Å². The molecule has 0 saturated carbocycles. The normalized spacial score (nSPS) is 13.0. The lowest BCUT2D eigenvalue weighted by molar-refractivity contribution is 0.375. The minimum Gasteiger partial charge on any atom is -0.0925 e. The van der Waals surface area contributed by atoms with E-state index in [1.165, 1.54) is 24.8 Å². The van der Waals surface area contributed by atoms with Crippen LogP contribution in [0.4, 0.5) is 0 Å². The Morgan fingerprint density at radius 3 is 2.12 bits per heavy atom. The Morgan fingerprint density at radius 1 is 1.06 bits per heavy atom. The van der Waals surface area contributed by atoms with E-state index in [1.807, 2.05) is 12.1 Å². The Kier molecular flexibility index (Phi) is 7.22. The molecule has 0 amide bonds. The van der Waals surface area contributed by atoms with Gasteiger partial charge < -0.3 is 0 Å². The Hall–Kier alpha value is -0.0100. The van der Waals surface area contributed by atoms with E-state index in [9.17, 15) is 0 Å². The molecule has 0 nitrogen and oxygen atoms in total. The van der Waals surface area contributed by atoms with Crippen LogP contribution < -0.4 is 0 Å². The Balaban J connectivity index is 2.54. The fourth-order valence-corrected chi connectivity index (χ4v) is 2.87. The van der Waals surface area contributed by atoms with E-state index in [4.69, 9.17) is 11.6 Å². The van der Waals surface area contributed by atoms with Crippen LogP contribution in [0, 0.1) is 11.8 Å². The summed E-state index contributed by atoms with van der Waals surface area (Å²) < 4.78 is 0. The summed E-state index contributed by atoms with van der Waals surface area (Å²) in [6.07, 6.45) is 5.06. The van der Waals surface area contributed by atoms with Crippen molar-refractivity contribution in [1.82, 2.24) is 0 Å². The highest BCUT2D eigenvalue weighted by atomic mass is 79.9.